The van der Waals surface area contributed by atoms with E-state index in [-0.39, 0.29) is 11.3 Å². The summed E-state index contributed by atoms with van der Waals surface area (Å²) < 4.78 is 6.98. The average molecular weight is 384 g/mol. The van der Waals surface area contributed by atoms with Crippen LogP contribution in [0, 0.1) is 5.41 Å². The molecule has 150 valence electrons. The number of hydrogen-bond acceptors (Lipinski definition) is 6. The highest BCUT2D eigenvalue weighted by Crippen LogP contribution is 2.39. The van der Waals surface area contributed by atoms with E-state index in [9.17, 15) is 4.79 Å². The molecule has 0 radical (unpaired) electrons. The first-order valence-corrected chi connectivity index (χ1v) is 9.93. The third kappa shape index (κ3) is 3.87. The number of aryl methyl sites for hydroxylation is 1. The van der Waals surface area contributed by atoms with Crippen LogP contribution in [0.4, 0.5) is 0 Å². The summed E-state index contributed by atoms with van der Waals surface area (Å²) in [7, 11) is 3.53. The predicted molar refractivity (Wildman–Crippen MR) is 104 cm³/mol. The number of methoxy groups -OCH3 is 1. The van der Waals surface area contributed by atoms with E-state index in [0.717, 1.165) is 39.1 Å². The van der Waals surface area contributed by atoms with Crippen molar-refractivity contribution in [3.05, 3.63) is 36.0 Å². The number of rotatable bonds is 4. The van der Waals surface area contributed by atoms with Crippen LogP contribution in [0.2, 0.25) is 0 Å². The van der Waals surface area contributed by atoms with Gasteiger partial charge in [0, 0.05) is 44.8 Å². The van der Waals surface area contributed by atoms with E-state index in [1.54, 1.807) is 7.11 Å². The molecule has 1 spiro atoms. The molecule has 2 fully saturated rings. The highest BCUT2D eigenvalue weighted by atomic mass is 16.5. The van der Waals surface area contributed by atoms with Gasteiger partial charge in [-0.05, 0) is 38.3 Å². The number of aromatic nitrogens is 4. The van der Waals surface area contributed by atoms with Crippen LogP contribution < -0.4 is 4.74 Å². The van der Waals surface area contributed by atoms with Crippen molar-refractivity contribution in [2.45, 2.75) is 32.2 Å². The quantitative estimate of drug-likeness (QED) is 0.799. The van der Waals surface area contributed by atoms with Crippen LogP contribution in [0.25, 0.3) is 0 Å². The molecule has 1 atom stereocenters. The van der Waals surface area contributed by atoms with Crippen molar-refractivity contribution in [2.24, 2.45) is 12.5 Å². The lowest BCUT2D eigenvalue weighted by atomic mass is 9.73. The van der Waals surface area contributed by atoms with Crippen LogP contribution in [0.15, 0.2) is 24.7 Å². The second-order valence-electron chi connectivity index (χ2n) is 8.03. The molecular formula is C20H28N6O2. The zero-order valence-electron chi connectivity index (χ0n) is 16.7. The van der Waals surface area contributed by atoms with Crippen LogP contribution in [-0.2, 0) is 13.6 Å². The number of carbonyl (C=O) groups is 1. The summed E-state index contributed by atoms with van der Waals surface area (Å²) in [5.74, 6) is 0.391. The highest BCUT2D eigenvalue weighted by Gasteiger charge is 2.40. The first-order chi connectivity index (χ1) is 13.6. The van der Waals surface area contributed by atoms with Crippen molar-refractivity contribution >= 4 is 5.91 Å². The van der Waals surface area contributed by atoms with E-state index >= 15 is 0 Å². The molecule has 2 aromatic heterocycles. The third-order valence-electron chi connectivity index (χ3n) is 6.05. The summed E-state index contributed by atoms with van der Waals surface area (Å²) in [6.07, 6.45) is 9.42. The fourth-order valence-corrected chi connectivity index (χ4v) is 4.64. The first kappa shape index (κ1) is 18.9. The Kier molecular flexibility index (Phi) is 5.30. The minimum absolute atomic E-state index is 0.0296. The van der Waals surface area contributed by atoms with Crippen LogP contribution in [0.5, 0.6) is 5.88 Å². The van der Waals surface area contributed by atoms with Gasteiger partial charge < -0.3 is 9.64 Å². The van der Waals surface area contributed by atoms with Gasteiger partial charge in [0.15, 0.2) is 0 Å². The summed E-state index contributed by atoms with van der Waals surface area (Å²) in [5.41, 5.74) is 1.79. The normalized spacial score (nSPS) is 23.1. The lowest BCUT2D eigenvalue weighted by molar-refractivity contribution is 0.0104. The summed E-state index contributed by atoms with van der Waals surface area (Å²) >= 11 is 0. The molecule has 0 aliphatic carbocycles. The molecule has 2 saturated heterocycles. The molecule has 8 heteroatoms. The largest absolute Gasteiger partial charge is 0.480 e. The Hall–Kier alpha value is -2.48. The molecule has 0 bridgehead atoms. The van der Waals surface area contributed by atoms with Crippen molar-refractivity contribution in [3.63, 3.8) is 0 Å². The van der Waals surface area contributed by atoms with Crippen molar-refractivity contribution in [3.8, 4) is 5.88 Å². The van der Waals surface area contributed by atoms with E-state index in [1.807, 2.05) is 22.8 Å². The number of amides is 1. The van der Waals surface area contributed by atoms with Crippen LogP contribution in [0.3, 0.4) is 0 Å². The van der Waals surface area contributed by atoms with Crippen molar-refractivity contribution in [2.75, 3.05) is 33.3 Å². The van der Waals surface area contributed by atoms with Crippen molar-refractivity contribution in [1.29, 1.82) is 0 Å². The lowest BCUT2D eigenvalue weighted by Gasteiger charge is -2.48. The van der Waals surface area contributed by atoms with Gasteiger partial charge in [0.2, 0.25) is 5.88 Å². The molecule has 0 saturated carbocycles. The third-order valence-corrected chi connectivity index (χ3v) is 6.05. The van der Waals surface area contributed by atoms with Crippen LogP contribution in [-0.4, -0.2) is 68.7 Å². The maximum atomic E-state index is 13.0. The van der Waals surface area contributed by atoms with E-state index < -0.39 is 0 Å². The molecule has 1 unspecified atom stereocenters. The first-order valence-electron chi connectivity index (χ1n) is 9.93. The molecule has 2 aromatic rings. The van der Waals surface area contributed by atoms with Crippen molar-refractivity contribution < 1.29 is 9.53 Å². The number of carbonyl (C=O) groups excluding carboxylic acids is 1. The van der Waals surface area contributed by atoms with Gasteiger partial charge in [0.05, 0.1) is 25.2 Å². The molecule has 28 heavy (non-hydrogen) atoms. The van der Waals surface area contributed by atoms with Gasteiger partial charge in [-0.2, -0.15) is 5.10 Å². The summed E-state index contributed by atoms with van der Waals surface area (Å²) in [6, 6.07) is 2.08. The van der Waals surface area contributed by atoms with Crippen LogP contribution >= 0.6 is 0 Å². The molecule has 4 rings (SSSR count). The fraction of sp³-hybridized carbons (Fsp3) is 0.600. The van der Waals surface area contributed by atoms with Gasteiger partial charge in [0.1, 0.15) is 5.69 Å². The van der Waals surface area contributed by atoms with E-state index in [4.69, 9.17) is 4.74 Å². The number of nitrogens with zero attached hydrogens (tertiary/aromatic N) is 6. The summed E-state index contributed by atoms with van der Waals surface area (Å²) in [5, 5.41) is 4.28. The monoisotopic (exact) mass is 384 g/mol. The molecule has 8 nitrogen and oxygen atoms in total. The Bertz CT molecular complexity index is 816. The topological polar surface area (TPSA) is 76.4 Å². The maximum absolute atomic E-state index is 13.0. The van der Waals surface area contributed by atoms with Gasteiger partial charge in [-0.1, -0.05) is 0 Å². The standard InChI is InChI=1S/C20H28N6O2/c1-24-16(5-8-23-24)13-25-9-3-6-20(14-25)7-4-10-26(15-20)19(27)17-11-22-18(28-2)12-21-17/h5,8,11-12H,3-4,6-7,9-10,13-15H2,1-2H3. The Morgan fingerprint density at radius 1 is 1.18 bits per heavy atom. The molecule has 2 aliphatic rings. The maximum Gasteiger partial charge on any atom is 0.274 e. The molecular weight excluding hydrogens is 356 g/mol. The van der Waals surface area contributed by atoms with Gasteiger partial charge in [-0.3, -0.25) is 14.4 Å². The predicted octanol–water partition coefficient (Wildman–Crippen LogP) is 1.74. The SMILES string of the molecule is COc1cnc(C(=O)N2CCCC3(CCCN(Cc4ccnn4C)C3)C2)cn1. The Morgan fingerprint density at radius 2 is 2.00 bits per heavy atom. The van der Waals surface area contributed by atoms with E-state index in [2.05, 4.69) is 26.0 Å². The minimum Gasteiger partial charge on any atom is -0.480 e. The van der Waals surface area contributed by atoms with Crippen LogP contribution in [0.1, 0.15) is 41.9 Å². The Labute approximate surface area is 165 Å². The number of hydrogen-bond donors (Lipinski definition) is 0. The summed E-state index contributed by atoms with van der Waals surface area (Å²) in [4.78, 5) is 25.8. The fourth-order valence-electron chi connectivity index (χ4n) is 4.64. The Morgan fingerprint density at radius 3 is 2.68 bits per heavy atom. The molecule has 1 amide bonds. The van der Waals surface area contributed by atoms with Gasteiger partial charge in [-0.15, -0.1) is 0 Å². The molecule has 2 aliphatic heterocycles. The lowest BCUT2D eigenvalue weighted by Crippen LogP contribution is -2.53. The van der Waals surface area contributed by atoms with Gasteiger partial charge >= 0.3 is 0 Å². The van der Waals surface area contributed by atoms with Gasteiger partial charge in [0.25, 0.3) is 5.91 Å². The van der Waals surface area contributed by atoms with Gasteiger partial charge in [-0.25, -0.2) is 9.97 Å². The highest BCUT2D eigenvalue weighted by molar-refractivity contribution is 5.92. The number of piperidine rings is 2. The molecule has 0 N–H and O–H groups in total. The van der Waals surface area contributed by atoms with E-state index in [0.29, 0.717) is 11.6 Å². The zero-order chi connectivity index (χ0) is 19.6. The molecule has 0 aromatic carbocycles. The van der Waals surface area contributed by atoms with E-state index in [1.165, 1.54) is 37.4 Å². The summed E-state index contributed by atoms with van der Waals surface area (Å²) in [6.45, 7) is 4.62. The molecule has 4 heterocycles. The minimum atomic E-state index is -0.0296. The zero-order valence-corrected chi connectivity index (χ0v) is 16.7. The van der Waals surface area contributed by atoms with Crippen molar-refractivity contribution in [1.82, 2.24) is 29.5 Å². The second kappa shape index (κ2) is 7.87. The smallest absolute Gasteiger partial charge is 0.274 e. The Balaban J connectivity index is 1.44. The second-order valence-corrected chi connectivity index (χ2v) is 8.03. The number of likely N-dealkylation sites (tertiary alicyclic amines) is 2. The average Bonchev–Trinajstić information content (AvgIpc) is 3.12. The number of ether oxygens (including phenoxy) is 1.